The number of hydrogen-bond acceptors (Lipinski definition) is 4. The lowest BCUT2D eigenvalue weighted by atomic mass is 9.82. The van der Waals surface area contributed by atoms with Crippen molar-refractivity contribution in [2.24, 2.45) is 5.92 Å². The van der Waals surface area contributed by atoms with Crippen LogP contribution >= 0.6 is 0 Å². The Morgan fingerprint density at radius 2 is 1.62 bits per heavy atom. The first-order valence-electron chi connectivity index (χ1n) is 12.1. The fourth-order valence-corrected chi connectivity index (χ4v) is 5.28. The minimum atomic E-state index is -0.852. The van der Waals surface area contributed by atoms with E-state index in [2.05, 4.69) is 34.9 Å². The molecular formula is C27H32N2O5. The highest BCUT2D eigenvalue weighted by molar-refractivity contribution is 5.86. The van der Waals surface area contributed by atoms with Gasteiger partial charge in [-0.1, -0.05) is 68.3 Å². The first-order valence-corrected chi connectivity index (χ1v) is 12.1. The molecule has 4 rings (SSSR count). The van der Waals surface area contributed by atoms with E-state index >= 15 is 0 Å². The van der Waals surface area contributed by atoms with Crippen molar-refractivity contribution in [3.8, 4) is 11.1 Å². The van der Waals surface area contributed by atoms with Gasteiger partial charge < -0.3 is 20.5 Å². The average molecular weight is 465 g/mol. The lowest BCUT2D eigenvalue weighted by Gasteiger charge is -2.32. The molecule has 2 amide bonds. The maximum Gasteiger partial charge on any atom is 0.407 e. The minimum absolute atomic E-state index is 0.0432. The Bertz CT molecular complexity index is 1010. The third-order valence-corrected chi connectivity index (χ3v) is 7.03. The van der Waals surface area contributed by atoms with Crippen LogP contribution in [0.3, 0.4) is 0 Å². The lowest BCUT2D eigenvalue weighted by Crippen LogP contribution is -2.52. The standard InChI is InChI=1S/C27H32N2O5/c1-2-23(26(32)28-24-14-8-3-9-17(24)15-25(30)31)29-27(33)34-16-22-20-12-6-4-10-18(20)19-11-5-7-13-21(19)22/h4-7,10-13,17,22-24H,2-3,8-9,14-16H2,1H3,(H,28,32)(H,29,33)(H,30,31)/t17-,23+,24-/m1/s1. The number of hydrogen-bond donors (Lipinski definition) is 3. The molecule has 180 valence electrons. The van der Waals surface area contributed by atoms with Crippen LogP contribution in [0, 0.1) is 5.92 Å². The molecule has 3 atom stereocenters. The van der Waals surface area contributed by atoms with Gasteiger partial charge in [0.05, 0.1) is 6.42 Å². The first-order chi connectivity index (χ1) is 16.5. The molecule has 0 aromatic heterocycles. The van der Waals surface area contributed by atoms with Gasteiger partial charge in [-0.25, -0.2) is 4.79 Å². The Hall–Kier alpha value is -3.35. The van der Waals surface area contributed by atoms with E-state index in [1.54, 1.807) is 0 Å². The number of amides is 2. The molecule has 0 bridgehead atoms. The van der Waals surface area contributed by atoms with E-state index in [9.17, 15) is 19.5 Å². The molecule has 0 saturated heterocycles. The Morgan fingerprint density at radius 1 is 1.00 bits per heavy atom. The number of carbonyl (C=O) groups excluding carboxylic acids is 2. The molecule has 1 fully saturated rings. The molecule has 34 heavy (non-hydrogen) atoms. The number of carboxylic acids is 1. The summed E-state index contributed by atoms with van der Waals surface area (Å²) in [4.78, 5) is 36.7. The minimum Gasteiger partial charge on any atom is -0.481 e. The van der Waals surface area contributed by atoms with Crippen LogP contribution in [0.5, 0.6) is 0 Å². The second-order valence-corrected chi connectivity index (χ2v) is 9.19. The summed E-state index contributed by atoms with van der Waals surface area (Å²) in [6, 6.07) is 15.3. The smallest absolute Gasteiger partial charge is 0.407 e. The summed E-state index contributed by atoms with van der Waals surface area (Å²) >= 11 is 0. The maximum atomic E-state index is 12.9. The van der Waals surface area contributed by atoms with Crippen LogP contribution in [0.2, 0.25) is 0 Å². The van der Waals surface area contributed by atoms with Crippen molar-refractivity contribution in [2.45, 2.75) is 63.5 Å². The fourth-order valence-electron chi connectivity index (χ4n) is 5.28. The molecule has 0 radical (unpaired) electrons. The quantitative estimate of drug-likeness (QED) is 0.535. The van der Waals surface area contributed by atoms with Crippen molar-refractivity contribution in [1.29, 1.82) is 0 Å². The molecule has 2 aliphatic carbocycles. The van der Waals surface area contributed by atoms with Crippen LogP contribution in [0.1, 0.15) is 62.5 Å². The zero-order valence-electron chi connectivity index (χ0n) is 19.5. The van der Waals surface area contributed by atoms with Crippen molar-refractivity contribution in [3.63, 3.8) is 0 Å². The molecule has 2 aliphatic rings. The van der Waals surface area contributed by atoms with Crippen LogP contribution in [0.4, 0.5) is 4.79 Å². The summed E-state index contributed by atoms with van der Waals surface area (Å²) in [5.41, 5.74) is 4.56. The normalized spacial score (nSPS) is 20.0. The van der Waals surface area contributed by atoms with E-state index in [1.165, 1.54) is 0 Å². The maximum absolute atomic E-state index is 12.9. The van der Waals surface area contributed by atoms with Crippen LogP contribution in [0.15, 0.2) is 48.5 Å². The van der Waals surface area contributed by atoms with Crippen molar-refractivity contribution < 1.29 is 24.2 Å². The summed E-state index contributed by atoms with van der Waals surface area (Å²) in [6.07, 6.45) is 3.29. The number of fused-ring (bicyclic) bond motifs is 3. The summed E-state index contributed by atoms with van der Waals surface area (Å²) in [5.74, 6) is -1.28. The summed E-state index contributed by atoms with van der Waals surface area (Å²) in [7, 11) is 0. The van der Waals surface area contributed by atoms with E-state index in [0.29, 0.717) is 6.42 Å². The van der Waals surface area contributed by atoms with Gasteiger partial charge >= 0.3 is 12.1 Å². The largest absolute Gasteiger partial charge is 0.481 e. The van der Waals surface area contributed by atoms with Crippen molar-refractivity contribution >= 4 is 18.0 Å². The highest BCUT2D eigenvalue weighted by Gasteiger charge is 2.32. The third-order valence-electron chi connectivity index (χ3n) is 7.03. The molecule has 3 N–H and O–H groups in total. The zero-order chi connectivity index (χ0) is 24.1. The molecule has 0 aliphatic heterocycles. The lowest BCUT2D eigenvalue weighted by molar-refractivity contribution is -0.139. The zero-order valence-corrected chi connectivity index (χ0v) is 19.5. The molecule has 1 saturated carbocycles. The van der Waals surface area contributed by atoms with Crippen LogP contribution in [0.25, 0.3) is 11.1 Å². The number of aliphatic carboxylic acids is 1. The van der Waals surface area contributed by atoms with E-state index in [0.717, 1.165) is 47.9 Å². The van der Waals surface area contributed by atoms with E-state index < -0.39 is 18.1 Å². The molecule has 7 heteroatoms. The highest BCUT2D eigenvalue weighted by atomic mass is 16.5. The van der Waals surface area contributed by atoms with Gasteiger partial charge in [0.25, 0.3) is 0 Å². The number of nitrogens with one attached hydrogen (secondary N) is 2. The molecule has 2 aromatic rings. The van der Waals surface area contributed by atoms with Gasteiger partial charge in [-0.2, -0.15) is 0 Å². The number of alkyl carbamates (subject to hydrolysis) is 1. The topological polar surface area (TPSA) is 105 Å². The molecular weight excluding hydrogens is 432 g/mol. The Kier molecular flexibility index (Phi) is 7.50. The molecule has 0 unspecified atom stereocenters. The monoisotopic (exact) mass is 464 g/mol. The Balaban J connectivity index is 1.35. The van der Waals surface area contributed by atoms with E-state index in [1.807, 2.05) is 31.2 Å². The molecule has 7 nitrogen and oxygen atoms in total. The Labute approximate surface area is 199 Å². The predicted molar refractivity (Wildman–Crippen MR) is 128 cm³/mol. The molecule has 0 spiro atoms. The van der Waals surface area contributed by atoms with E-state index in [4.69, 9.17) is 4.74 Å². The fraction of sp³-hybridized carbons (Fsp3) is 0.444. The van der Waals surface area contributed by atoms with Gasteiger partial charge in [-0.05, 0) is 47.4 Å². The van der Waals surface area contributed by atoms with Gasteiger partial charge in [0.15, 0.2) is 0 Å². The number of benzene rings is 2. The van der Waals surface area contributed by atoms with Crippen LogP contribution < -0.4 is 10.6 Å². The second kappa shape index (κ2) is 10.7. The second-order valence-electron chi connectivity index (χ2n) is 9.19. The van der Waals surface area contributed by atoms with Crippen LogP contribution in [-0.4, -0.2) is 41.8 Å². The van der Waals surface area contributed by atoms with Crippen molar-refractivity contribution in [1.82, 2.24) is 10.6 Å². The number of carbonyl (C=O) groups is 3. The van der Waals surface area contributed by atoms with Crippen LogP contribution in [-0.2, 0) is 14.3 Å². The molecule has 0 heterocycles. The number of rotatable bonds is 8. The van der Waals surface area contributed by atoms with Gasteiger partial charge in [0, 0.05) is 12.0 Å². The van der Waals surface area contributed by atoms with Gasteiger partial charge in [0.1, 0.15) is 12.6 Å². The van der Waals surface area contributed by atoms with Crippen molar-refractivity contribution in [2.75, 3.05) is 6.61 Å². The van der Waals surface area contributed by atoms with Gasteiger partial charge in [0.2, 0.25) is 5.91 Å². The summed E-state index contributed by atoms with van der Waals surface area (Å²) in [5, 5.41) is 14.9. The van der Waals surface area contributed by atoms with Gasteiger partial charge in [-0.15, -0.1) is 0 Å². The SMILES string of the molecule is CC[C@H](NC(=O)OCC1c2ccccc2-c2ccccc21)C(=O)N[C@@H]1CCCC[C@@H]1CC(=O)O. The first kappa shape index (κ1) is 23.8. The third kappa shape index (κ3) is 5.24. The molecule has 2 aromatic carbocycles. The van der Waals surface area contributed by atoms with Crippen molar-refractivity contribution in [3.05, 3.63) is 59.7 Å². The summed E-state index contributed by atoms with van der Waals surface area (Å²) < 4.78 is 5.58. The number of carboxylic acid groups (broad SMARTS) is 1. The van der Waals surface area contributed by atoms with E-state index in [-0.39, 0.29) is 36.8 Å². The number of ether oxygens (including phenoxy) is 1. The van der Waals surface area contributed by atoms with Gasteiger partial charge in [-0.3, -0.25) is 9.59 Å². The predicted octanol–water partition coefficient (Wildman–Crippen LogP) is 4.45. The highest BCUT2D eigenvalue weighted by Crippen LogP contribution is 2.44. The Morgan fingerprint density at radius 3 is 2.24 bits per heavy atom. The summed E-state index contributed by atoms with van der Waals surface area (Å²) in [6.45, 7) is 2.00. The average Bonchev–Trinajstić information content (AvgIpc) is 3.16.